The van der Waals surface area contributed by atoms with E-state index in [1.54, 1.807) is 12.3 Å². The molecule has 10 heteroatoms. The first-order valence-electron chi connectivity index (χ1n) is 10.9. The number of carbonyl (C=O) groups is 1. The molecule has 1 aliphatic rings. The van der Waals surface area contributed by atoms with Gasteiger partial charge in [-0.3, -0.25) is 14.5 Å². The van der Waals surface area contributed by atoms with E-state index in [-0.39, 0.29) is 18.5 Å². The minimum Gasteiger partial charge on any atom is -0.503 e. The number of hydrogen-bond donors (Lipinski definition) is 3. The third-order valence-electron chi connectivity index (χ3n) is 6.05. The number of nitrogens with one attached hydrogen (secondary N) is 1. The molecular formula is C24H24F3N5O2. The number of phenols is 1. The molecule has 1 amide bonds. The minimum atomic E-state index is -1.77. The summed E-state index contributed by atoms with van der Waals surface area (Å²) in [6, 6.07) is 6.48. The molecule has 0 aliphatic heterocycles. The van der Waals surface area contributed by atoms with E-state index in [1.807, 2.05) is 29.1 Å². The quantitative estimate of drug-likeness (QED) is 0.364. The van der Waals surface area contributed by atoms with Gasteiger partial charge < -0.3 is 16.2 Å². The molecule has 0 unspecified atom stereocenters. The van der Waals surface area contributed by atoms with Crippen LogP contribution in [0.25, 0.3) is 10.9 Å². The number of aromatic nitrogens is 2. The Hall–Kier alpha value is -3.82. The number of rotatable bonds is 6. The monoisotopic (exact) mass is 471 g/mol. The summed E-state index contributed by atoms with van der Waals surface area (Å²) in [7, 11) is 0. The van der Waals surface area contributed by atoms with Crippen LogP contribution in [0.4, 0.5) is 18.9 Å². The number of nitrogens with two attached hydrogens (primary N) is 1. The summed E-state index contributed by atoms with van der Waals surface area (Å²) in [6.07, 6.45) is 9.97. The van der Waals surface area contributed by atoms with Crippen LogP contribution < -0.4 is 11.1 Å². The highest BCUT2D eigenvalue weighted by Crippen LogP contribution is 2.33. The minimum absolute atomic E-state index is 0.150. The van der Waals surface area contributed by atoms with Crippen LogP contribution in [0.3, 0.4) is 0 Å². The number of nitrogens with zero attached hydrogens (tertiary/aromatic N) is 3. The van der Waals surface area contributed by atoms with Crippen molar-refractivity contribution in [3.05, 3.63) is 65.8 Å². The third-order valence-corrected chi connectivity index (χ3v) is 6.05. The van der Waals surface area contributed by atoms with Crippen molar-refractivity contribution in [3.8, 4) is 5.75 Å². The smallest absolute Gasteiger partial charge is 0.254 e. The number of benzene rings is 2. The van der Waals surface area contributed by atoms with Gasteiger partial charge in [0.05, 0.1) is 22.8 Å². The average Bonchev–Trinajstić information content (AvgIpc) is 3.27. The fourth-order valence-electron chi connectivity index (χ4n) is 4.17. The number of allylic oxidation sites excluding steroid dienone is 1. The Bertz CT molecular complexity index is 1260. The second kappa shape index (κ2) is 9.98. The SMILES string of the molecule is NC=CC=Nc1ccc2cn(C3CCC(CNC(=O)c4cc(F)c(O)c(F)c4F)CC3)nc2c1. The number of hydrogen-bond acceptors (Lipinski definition) is 5. The van der Waals surface area contributed by atoms with Gasteiger partial charge in [0, 0.05) is 24.3 Å². The lowest BCUT2D eigenvalue weighted by Gasteiger charge is -2.28. The first kappa shape index (κ1) is 23.3. The van der Waals surface area contributed by atoms with E-state index in [4.69, 9.17) is 15.9 Å². The summed E-state index contributed by atoms with van der Waals surface area (Å²) >= 11 is 0. The maximum atomic E-state index is 13.9. The van der Waals surface area contributed by atoms with Crippen LogP contribution >= 0.6 is 0 Å². The number of halogens is 3. The molecule has 0 bridgehead atoms. The Balaban J connectivity index is 1.34. The molecule has 0 saturated heterocycles. The number of phenolic OH excluding ortho intramolecular Hbond substituents is 1. The van der Waals surface area contributed by atoms with Gasteiger partial charge in [-0.15, -0.1) is 0 Å². The fraction of sp³-hybridized carbons (Fsp3) is 0.292. The zero-order chi connectivity index (χ0) is 24.2. The van der Waals surface area contributed by atoms with Crippen LogP contribution in [-0.4, -0.2) is 33.6 Å². The van der Waals surface area contributed by atoms with E-state index < -0.39 is 34.7 Å². The second-order valence-corrected chi connectivity index (χ2v) is 8.28. The molecule has 7 nitrogen and oxygen atoms in total. The molecule has 1 fully saturated rings. The Kier molecular flexibility index (Phi) is 6.85. The number of fused-ring (bicyclic) bond motifs is 1. The van der Waals surface area contributed by atoms with Gasteiger partial charge in [-0.2, -0.15) is 9.49 Å². The van der Waals surface area contributed by atoms with Crippen molar-refractivity contribution in [2.24, 2.45) is 16.6 Å². The van der Waals surface area contributed by atoms with Gasteiger partial charge in [0.25, 0.3) is 5.91 Å². The molecule has 2 aromatic carbocycles. The summed E-state index contributed by atoms with van der Waals surface area (Å²) < 4.78 is 42.9. The number of carbonyl (C=O) groups excluding carboxylic acids is 1. The van der Waals surface area contributed by atoms with Gasteiger partial charge in [-0.05, 0) is 68.1 Å². The Morgan fingerprint density at radius 3 is 2.71 bits per heavy atom. The van der Waals surface area contributed by atoms with Gasteiger partial charge in [0.2, 0.25) is 5.82 Å². The summed E-state index contributed by atoms with van der Waals surface area (Å²) in [5.41, 5.74) is 6.15. The molecule has 4 rings (SSSR count). The summed E-state index contributed by atoms with van der Waals surface area (Å²) in [4.78, 5) is 16.5. The van der Waals surface area contributed by atoms with Crippen LogP contribution in [-0.2, 0) is 0 Å². The molecule has 0 spiro atoms. The predicted molar refractivity (Wildman–Crippen MR) is 123 cm³/mol. The molecule has 1 aliphatic carbocycles. The lowest BCUT2D eigenvalue weighted by Crippen LogP contribution is -2.32. The lowest BCUT2D eigenvalue weighted by atomic mass is 9.86. The molecule has 1 aromatic heterocycles. The van der Waals surface area contributed by atoms with E-state index in [1.165, 1.54) is 6.20 Å². The van der Waals surface area contributed by atoms with E-state index in [0.29, 0.717) is 6.07 Å². The molecule has 0 atom stereocenters. The zero-order valence-electron chi connectivity index (χ0n) is 18.2. The van der Waals surface area contributed by atoms with Gasteiger partial charge in [0.1, 0.15) is 0 Å². The fourth-order valence-corrected chi connectivity index (χ4v) is 4.17. The van der Waals surface area contributed by atoms with Crippen molar-refractivity contribution in [2.75, 3.05) is 6.54 Å². The Morgan fingerprint density at radius 1 is 1.21 bits per heavy atom. The highest BCUT2D eigenvalue weighted by Gasteiger charge is 2.26. The maximum absolute atomic E-state index is 13.9. The highest BCUT2D eigenvalue weighted by molar-refractivity contribution is 5.94. The molecule has 0 radical (unpaired) electrons. The van der Waals surface area contributed by atoms with E-state index in [9.17, 15) is 18.0 Å². The molecule has 1 saturated carbocycles. The van der Waals surface area contributed by atoms with Gasteiger partial charge in [0.15, 0.2) is 17.4 Å². The van der Waals surface area contributed by atoms with Crippen LogP contribution in [0.1, 0.15) is 42.1 Å². The van der Waals surface area contributed by atoms with Gasteiger partial charge >= 0.3 is 0 Å². The summed E-state index contributed by atoms with van der Waals surface area (Å²) in [5.74, 6) is -6.94. The molecule has 3 aromatic rings. The largest absolute Gasteiger partial charge is 0.503 e. The Labute approximate surface area is 193 Å². The van der Waals surface area contributed by atoms with Crippen molar-refractivity contribution < 1.29 is 23.1 Å². The topological polar surface area (TPSA) is 106 Å². The van der Waals surface area contributed by atoms with Crippen molar-refractivity contribution >= 4 is 28.7 Å². The summed E-state index contributed by atoms with van der Waals surface area (Å²) in [5, 5.41) is 17.4. The van der Waals surface area contributed by atoms with E-state index in [0.717, 1.165) is 42.3 Å². The van der Waals surface area contributed by atoms with E-state index >= 15 is 0 Å². The number of amides is 1. The first-order chi connectivity index (χ1) is 16.4. The Morgan fingerprint density at radius 2 is 1.97 bits per heavy atom. The van der Waals surface area contributed by atoms with Crippen LogP contribution in [0.5, 0.6) is 5.75 Å². The molecular weight excluding hydrogens is 447 g/mol. The van der Waals surface area contributed by atoms with Crippen molar-refractivity contribution in [1.82, 2.24) is 15.1 Å². The van der Waals surface area contributed by atoms with Gasteiger partial charge in [-0.25, -0.2) is 8.78 Å². The van der Waals surface area contributed by atoms with E-state index in [2.05, 4.69) is 10.3 Å². The molecule has 178 valence electrons. The molecule has 1 heterocycles. The van der Waals surface area contributed by atoms with Gasteiger partial charge in [-0.1, -0.05) is 0 Å². The van der Waals surface area contributed by atoms with Crippen LogP contribution in [0.15, 0.2) is 47.7 Å². The average molecular weight is 471 g/mol. The highest BCUT2D eigenvalue weighted by atomic mass is 19.2. The lowest BCUT2D eigenvalue weighted by molar-refractivity contribution is 0.0935. The maximum Gasteiger partial charge on any atom is 0.254 e. The number of aromatic hydroxyl groups is 1. The first-order valence-corrected chi connectivity index (χ1v) is 10.9. The van der Waals surface area contributed by atoms with Crippen LogP contribution in [0.2, 0.25) is 0 Å². The summed E-state index contributed by atoms with van der Waals surface area (Å²) in [6.45, 7) is 0.259. The zero-order valence-corrected chi connectivity index (χ0v) is 18.2. The van der Waals surface area contributed by atoms with Crippen molar-refractivity contribution in [3.63, 3.8) is 0 Å². The van der Waals surface area contributed by atoms with Crippen LogP contribution in [0, 0.1) is 23.4 Å². The normalized spacial score (nSPS) is 18.8. The molecule has 4 N–H and O–H groups in total. The standard InChI is InChI=1S/C24H24F3N5O2/c25-19-11-18(21(26)22(27)23(19)33)24(34)30-12-14-2-6-17(7-3-14)32-13-15-4-5-16(10-20(15)31-32)29-9-1-8-28/h1,4-5,8-11,13-14,17,33H,2-3,6-7,12,28H2,(H,30,34). The third kappa shape index (κ3) is 4.90. The second-order valence-electron chi connectivity index (χ2n) is 8.28. The van der Waals surface area contributed by atoms with Crippen molar-refractivity contribution in [2.45, 2.75) is 31.7 Å². The van der Waals surface area contributed by atoms with Crippen molar-refractivity contribution in [1.29, 1.82) is 0 Å². The number of aliphatic imine (C=N–C) groups is 1. The predicted octanol–water partition coefficient (Wildman–Crippen LogP) is 4.50. The molecule has 34 heavy (non-hydrogen) atoms.